The van der Waals surface area contributed by atoms with Crippen LogP contribution in [0, 0.1) is 5.41 Å². The third-order valence-corrected chi connectivity index (χ3v) is 8.83. The molecule has 0 unspecified atom stereocenters. The zero-order chi connectivity index (χ0) is 29.3. The second-order valence-corrected chi connectivity index (χ2v) is 13.2. The number of fused-ring (bicyclic) bond motifs is 1. The number of thiazole rings is 1. The number of piperazine rings is 1. The summed E-state index contributed by atoms with van der Waals surface area (Å²) in [5.41, 5.74) is 2.04. The number of ether oxygens (including phenoxy) is 2. The zero-order valence-electron chi connectivity index (χ0n) is 24.6. The highest BCUT2D eigenvalue weighted by molar-refractivity contribution is 7.14. The Bertz CT molecular complexity index is 1250. The lowest BCUT2D eigenvalue weighted by atomic mass is 9.87. The standard InChI is InChI=1S/C30H41N5O5S/c1-6-39-24-16-35(25-23(36)17-40-26(24)25)28(38)21(15-30(2,3)4)31-27(37)20-9-7-19(8-10-20)22-18-41-29(32-22)34-13-11-33(5)12-14-34/h7-10,18,21,24-26H,6,11-17H2,1-5H3,(H,31,37)/t21-,24-,25+,26-/m0/s1. The number of carbonyl (C=O) groups is 3. The van der Waals surface area contributed by atoms with E-state index in [2.05, 4.69) is 22.2 Å². The van der Waals surface area contributed by atoms with E-state index in [1.165, 1.54) is 0 Å². The quantitative estimate of drug-likeness (QED) is 0.506. The lowest BCUT2D eigenvalue weighted by Gasteiger charge is -2.32. The number of benzene rings is 1. The summed E-state index contributed by atoms with van der Waals surface area (Å²) in [5.74, 6) is -0.735. The highest BCUT2D eigenvalue weighted by atomic mass is 32.1. The smallest absolute Gasteiger partial charge is 0.251 e. The number of nitrogens with zero attached hydrogens (tertiary/aromatic N) is 4. The monoisotopic (exact) mass is 583 g/mol. The fraction of sp³-hybridized carbons (Fsp3) is 0.600. The first kappa shape index (κ1) is 29.6. The average molecular weight is 584 g/mol. The van der Waals surface area contributed by atoms with Crippen LogP contribution in [0.5, 0.6) is 0 Å². The van der Waals surface area contributed by atoms with Crippen molar-refractivity contribution in [1.82, 2.24) is 20.1 Å². The molecular weight excluding hydrogens is 542 g/mol. The van der Waals surface area contributed by atoms with E-state index >= 15 is 0 Å². The number of likely N-dealkylation sites (N-methyl/N-ethyl adjacent to an activating group) is 1. The Kier molecular flexibility index (Phi) is 8.79. The van der Waals surface area contributed by atoms with E-state index in [1.54, 1.807) is 28.4 Å². The third kappa shape index (κ3) is 6.63. The van der Waals surface area contributed by atoms with Crippen LogP contribution in [-0.4, -0.2) is 110 Å². The molecule has 2 aromatic rings. The summed E-state index contributed by atoms with van der Waals surface area (Å²) >= 11 is 1.63. The van der Waals surface area contributed by atoms with E-state index in [0.29, 0.717) is 18.6 Å². The largest absolute Gasteiger partial charge is 0.374 e. The van der Waals surface area contributed by atoms with Crippen molar-refractivity contribution in [3.63, 3.8) is 0 Å². The summed E-state index contributed by atoms with van der Waals surface area (Å²) in [6.07, 6.45) is -0.403. The van der Waals surface area contributed by atoms with Crippen molar-refractivity contribution in [2.45, 2.75) is 58.4 Å². The molecule has 0 aliphatic carbocycles. The van der Waals surface area contributed by atoms with E-state index < -0.39 is 18.2 Å². The minimum atomic E-state index is -0.790. The van der Waals surface area contributed by atoms with Gasteiger partial charge in [-0.2, -0.15) is 0 Å². The number of amides is 2. The number of likely N-dealkylation sites (tertiary alicyclic amines) is 1. The highest BCUT2D eigenvalue weighted by Gasteiger charge is 2.53. The second kappa shape index (κ2) is 12.2. The van der Waals surface area contributed by atoms with Gasteiger partial charge in [0.1, 0.15) is 30.9 Å². The molecular formula is C30H41N5O5S. The lowest BCUT2D eigenvalue weighted by molar-refractivity contribution is -0.139. The molecule has 3 aliphatic rings. The van der Waals surface area contributed by atoms with Gasteiger partial charge < -0.3 is 29.5 Å². The first-order valence-electron chi connectivity index (χ1n) is 14.4. The van der Waals surface area contributed by atoms with Crippen LogP contribution in [0.4, 0.5) is 5.13 Å². The molecule has 11 heteroatoms. The molecule has 1 aromatic heterocycles. The number of rotatable bonds is 8. The van der Waals surface area contributed by atoms with Crippen molar-refractivity contribution in [3.05, 3.63) is 35.2 Å². The maximum atomic E-state index is 13.9. The molecule has 10 nitrogen and oxygen atoms in total. The Balaban J connectivity index is 1.28. The molecule has 0 spiro atoms. The minimum absolute atomic E-state index is 0.0266. The van der Waals surface area contributed by atoms with E-state index in [-0.39, 0.29) is 42.3 Å². The number of aromatic nitrogens is 1. The molecule has 2 amide bonds. The number of hydrogen-bond acceptors (Lipinski definition) is 9. The van der Waals surface area contributed by atoms with Gasteiger partial charge in [0.2, 0.25) is 5.91 Å². The second-order valence-electron chi connectivity index (χ2n) is 12.3. The van der Waals surface area contributed by atoms with Gasteiger partial charge in [0.25, 0.3) is 5.91 Å². The Morgan fingerprint density at radius 3 is 2.54 bits per heavy atom. The molecule has 1 N–H and O–H groups in total. The SMILES string of the molecule is CCO[C@H]1CN(C(=O)[C@H](CC(C)(C)C)NC(=O)c2ccc(-c3csc(N4CCN(C)CC4)n3)cc2)[C@@H]2C(=O)CO[C@@H]12. The third-order valence-electron chi connectivity index (χ3n) is 7.93. The summed E-state index contributed by atoms with van der Waals surface area (Å²) in [6, 6.07) is 5.86. The Morgan fingerprint density at radius 2 is 1.88 bits per heavy atom. The summed E-state index contributed by atoms with van der Waals surface area (Å²) in [7, 11) is 2.13. The maximum Gasteiger partial charge on any atom is 0.251 e. The van der Waals surface area contributed by atoms with E-state index in [1.807, 2.05) is 45.2 Å². The van der Waals surface area contributed by atoms with Gasteiger partial charge in [0, 0.05) is 49.3 Å². The number of hydrogen-bond donors (Lipinski definition) is 1. The average Bonchev–Trinajstić information content (AvgIpc) is 3.66. The fourth-order valence-electron chi connectivity index (χ4n) is 5.79. The molecule has 0 bridgehead atoms. The summed E-state index contributed by atoms with van der Waals surface area (Å²) in [5, 5.41) is 6.03. The first-order chi connectivity index (χ1) is 19.5. The topological polar surface area (TPSA) is 104 Å². The molecule has 0 radical (unpaired) electrons. The molecule has 41 heavy (non-hydrogen) atoms. The predicted molar refractivity (Wildman–Crippen MR) is 158 cm³/mol. The summed E-state index contributed by atoms with van der Waals surface area (Å²) in [4.78, 5) is 50.9. The molecule has 222 valence electrons. The Hall–Kier alpha value is -2.86. The molecule has 4 heterocycles. The van der Waals surface area contributed by atoms with Crippen LogP contribution < -0.4 is 10.2 Å². The number of Topliss-reactive ketones (excluding diaryl/α,β-unsaturated/α-hetero) is 1. The van der Waals surface area contributed by atoms with Gasteiger partial charge in [-0.1, -0.05) is 32.9 Å². The van der Waals surface area contributed by atoms with Crippen molar-refractivity contribution < 1.29 is 23.9 Å². The van der Waals surface area contributed by atoms with Crippen LogP contribution in [0.1, 0.15) is 44.5 Å². The zero-order valence-corrected chi connectivity index (χ0v) is 25.4. The van der Waals surface area contributed by atoms with Crippen LogP contribution in [-0.2, 0) is 19.1 Å². The normalized spacial score (nSPS) is 24.0. The molecule has 0 saturated carbocycles. The number of anilines is 1. The summed E-state index contributed by atoms with van der Waals surface area (Å²) < 4.78 is 11.5. The van der Waals surface area contributed by atoms with Crippen LogP contribution in [0.25, 0.3) is 11.3 Å². The van der Waals surface area contributed by atoms with E-state index in [0.717, 1.165) is 42.6 Å². The first-order valence-corrected chi connectivity index (χ1v) is 15.3. The summed E-state index contributed by atoms with van der Waals surface area (Å²) in [6.45, 7) is 12.6. The van der Waals surface area contributed by atoms with Crippen molar-refractivity contribution in [2.75, 3.05) is 57.9 Å². The molecule has 3 aliphatic heterocycles. The van der Waals surface area contributed by atoms with E-state index in [9.17, 15) is 14.4 Å². The van der Waals surface area contributed by atoms with E-state index in [4.69, 9.17) is 14.5 Å². The molecule has 3 fully saturated rings. The van der Waals surface area contributed by atoms with Crippen LogP contribution in [0.3, 0.4) is 0 Å². The molecule has 1 aromatic carbocycles. The number of carbonyl (C=O) groups excluding carboxylic acids is 3. The van der Waals surface area contributed by atoms with Crippen LogP contribution in [0.2, 0.25) is 0 Å². The number of ketones is 1. The van der Waals surface area contributed by atoms with Gasteiger partial charge in [-0.3, -0.25) is 14.4 Å². The molecule has 4 atom stereocenters. The minimum Gasteiger partial charge on any atom is -0.374 e. The van der Waals surface area contributed by atoms with Crippen LogP contribution in [0.15, 0.2) is 29.6 Å². The lowest BCUT2D eigenvalue weighted by Crippen LogP contribution is -2.53. The Labute approximate surface area is 246 Å². The maximum absolute atomic E-state index is 13.9. The predicted octanol–water partition coefficient (Wildman–Crippen LogP) is 2.68. The van der Waals surface area contributed by atoms with Crippen molar-refractivity contribution in [1.29, 1.82) is 0 Å². The van der Waals surface area contributed by atoms with Crippen molar-refractivity contribution >= 4 is 34.1 Å². The highest BCUT2D eigenvalue weighted by Crippen LogP contribution is 2.32. The molecule has 5 rings (SSSR count). The van der Waals surface area contributed by atoms with Gasteiger partial charge in [0.05, 0.1) is 12.2 Å². The van der Waals surface area contributed by atoms with Gasteiger partial charge in [-0.25, -0.2) is 4.98 Å². The van der Waals surface area contributed by atoms with Crippen molar-refractivity contribution in [3.8, 4) is 11.3 Å². The Morgan fingerprint density at radius 1 is 1.17 bits per heavy atom. The van der Waals surface area contributed by atoms with Gasteiger partial charge in [0.15, 0.2) is 10.9 Å². The van der Waals surface area contributed by atoms with Gasteiger partial charge in [-0.15, -0.1) is 11.3 Å². The van der Waals surface area contributed by atoms with Crippen LogP contribution >= 0.6 is 11.3 Å². The van der Waals surface area contributed by atoms with Gasteiger partial charge in [-0.05, 0) is 37.9 Å². The van der Waals surface area contributed by atoms with Crippen molar-refractivity contribution in [2.24, 2.45) is 5.41 Å². The van der Waals surface area contributed by atoms with Gasteiger partial charge >= 0.3 is 0 Å². The fourth-order valence-corrected chi connectivity index (χ4v) is 6.67. The number of nitrogens with one attached hydrogen (secondary N) is 1. The molecule has 3 saturated heterocycles.